The highest BCUT2D eigenvalue weighted by Gasteiger charge is 2.50. The largest absolute Gasteiger partial charge is 0.467 e. The molecule has 1 aliphatic rings. The third kappa shape index (κ3) is 6.99. The number of unbranched alkanes of at least 4 members (excludes halogenated alkanes) is 1. The van der Waals surface area contributed by atoms with Crippen LogP contribution >= 0.6 is 0 Å². The van der Waals surface area contributed by atoms with Gasteiger partial charge in [-0.05, 0) is 61.2 Å². The van der Waals surface area contributed by atoms with E-state index in [0.717, 1.165) is 0 Å². The van der Waals surface area contributed by atoms with Gasteiger partial charge in [-0.2, -0.15) is 0 Å². The summed E-state index contributed by atoms with van der Waals surface area (Å²) in [5, 5.41) is 2.56. The number of ether oxygens (including phenoxy) is 2. The first-order valence-corrected chi connectivity index (χ1v) is 10.1. The SMILES string of the molecule is COC(=O)[C@](CC=O)(CCCCB1OC(C)(C)C(C)(C)O1)NC(=O)OC(C)(C)C. The summed E-state index contributed by atoms with van der Waals surface area (Å²) in [4.78, 5) is 36.0. The van der Waals surface area contributed by atoms with E-state index in [9.17, 15) is 14.4 Å². The number of amides is 1. The van der Waals surface area contributed by atoms with Crippen LogP contribution in [-0.2, 0) is 28.4 Å². The Hall–Kier alpha value is -1.61. The molecule has 8 nitrogen and oxygen atoms in total. The van der Waals surface area contributed by atoms with Crippen LogP contribution < -0.4 is 5.32 Å². The highest BCUT2D eigenvalue weighted by Crippen LogP contribution is 2.38. The Morgan fingerprint density at radius 3 is 2.07 bits per heavy atom. The first-order valence-electron chi connectivity index (χ1n) is 10.1. The van der Waals surface area contributed by atoms with E-state index < -0.39 is 34.4 Å². The lowest BCUT2D eigenvalue weighted by molar-refractivity contribution is -0.150. The van der Waals surface area contributed by atoms with Crippen molar-refractivity contribution in [3.63, 3.8) is 0 Å². The lowest BCUT2D eigenvalue weighted by Gasteiger charge is -2.32. The number of carbonyl (C=O) groups is 3. The van der Waals surface area contributed by atoms with Crippen LogP contribution in [-0.4, -0.2) is 54.9 Å². The molecule has 0 aliphatic carbocycles. The Bertz CT molecular complexity index is 584. The summed E-state index contributed by atoms with van der Waals surface area (Å²) in [6, 6.07) is 0. The Morgan fingerprint density at radius 1 is 1.07 bits per heavy atom. The standard InChI is InChI=1S/C20H36BNO7/c1-17(2,3)27-16(25)22-20(12-14-23,15(24)26-8)11-9-10-13-21-28-18(4,5)19(6,7)29-21/h14H,9-13H2,1-8H3,(H,22,25)/t20-/m1/s1. The van der Waals surface area contributed by atoms with Crippen LogP contribution in [0.5, 0.6) is 0 Å². The van der Waals surface area contributed by atoms with Gasteiger partial charge in [0, 0.05) is 6.42 Å². The lowest BCUT2D eigenvalue weighted by Crippen LogP contribution is -2.56. The first kappa shape index (κ1) is 25.4. The van der Waals surface area contributed by atoms with E-state index >= 15 is 0 Å². The maximum atomic E-state index is 12.4. The molecular formula is C20H36BNO7. The van der Waals surface area contributed by atoms with Crippen LogP contribution in [0.3, 0.4) is 0 Å². The third-order valence-corrected chi connectivity index (χ3v) is 5.34. The molecule has 1 fully saturated rings. The second-order valence-corrected chi connectivity index (χ2v) is 9.50. The number of methoxy groups -OCH3 is 1. The van der Waals surface area contributed by atoms with Crippen molar-refractivity contribution in [2.75, 3.05) is 7.11 Å². The number of aldehydes is 1. The zero-order valence-corrected chi connectivity index (χ0v) is 19.0. The Balaban J connectivity index is 2.74. The minimum atomic E-state index is -1.46. The predicted octanol–water partition coefficient (Wildman–Crippen LogP) is 3.27. The molecule has 0 radical (unpaired) electrons. The summed E-state index contributed by atoms with van der Waals surface area (Å²) in [5.41, 5.74) is -2.99. The van der Waals surface area contributed by atoms with Gasteiger partial charge in [0.15, 0.2) is 0 Å². The van der Waals surface area contributed by atoms with Crippen LogP contribution in [0.15, 0.2) is 0 Å². The molecule has 29 heavy (non-hydrogen) atoms. The second-order valence-electron chi connectivity index (χ2n) is 9.50. The number of hydrogen-bond donors (Lipinski definition) is 1. The van der Waals surface area contributed by atoms with Crippen molar-refractivity contribution in [1.29, 1.82) is 0 Å². The highest BCUT2D eigenvalue weighted by molar-refractivity contribution is 6.45. The monoisotopic (exact) mass is 413 g/mol. The molecule has 1 N–H and O–H groups in total. The van der Waals surface area contributed by atoms with Crippen molar-refractivity contribution in [2.24, 2.45) is 0 Å². The summed E-state index contributed by atoms with van der Waals surface area (Å²) in [6.07, 6.45) is 1.75. The molecule has 0 spiro atoms. The summed E-state index contributed by atoms with van der Waals surface area (Å²) in [7, 11) is 0.889. The van der Waals surface area contributed by atoms with E-state index in [2.05, 4.69) is 5.32 Å². The van der Waals surface area contributed by atoms with Gasteiger partial charge in [0.05, 0.1) is 18.3 Å². The molecule has 1 rings (SSSR count). The van der Waals surface area contributed by atoms with Crippen LogP contribution in [0.1, 0.15) is 74.1 Å². The predicted molar refractivity (Wildman–Crippen MR) is 110 cm³/mol. The Kier molecular flexibility index (Phi) is 8.31. The van der Waals surface area contributed by atoms with E-state index in [1.807, 2.05) is 27.7 Å². The summed E-state index contributed by atoms with van der Waals surface area (Å²) in [5.74, 6) is -0.675. The summed E-state index contributed by atoms with van der Waals surface area (Å²) in [6.45, 7) is 13.1. The van der Waals surface area contributed by atoms with Gasteiger partial charge in [-0.3, -0.25) is 0 Å². The van der Waals surface area contributed by atoms with Crippen molar-refractivity contribution in [1.82, 2.24) is 5.32 Å². The van der Waals surface area contributed by atoms with Crippen LogP contribution in [0.4, 0.5) is 4.79 Å². The van der Waals surface area contributed by atoms with Gasteiger partial charge < -0.3 is 28.9 Å². The van der Waals surface area contributed by atoms with E-state index in [0.29, 0.717) is 25.4 Å². The van der Waals surface area contributed by atoms with Gasteiger partial charge in [-0.25, -0.2) is 9.59 Å². The minimum absolute atomic E-state index is 0.199. The fourth-order valence-corrected chi connectivity index (χ4v) is 3.11. The van der Waals surface area contributed by atoms with Crippen molar-refractivity contribution >= 4 is 25.5 Å². The number of nitrogens with one attached hydrogen (secondary N) is 1. The van der Waals surface area contributed by atoms with Crippen molar-refractivity contribution in [3.8, 4) is 0 Å². The molecule has 0 aromatic carbocycles. The number of esters is 1. The molecule has 0 unspecified atom stereocenters. The zero-order valence-electron chi connectivity index (χ0n) is 19.0. The first-order chi connectivity index (χ1) is 13.2. The fraction of sp³-hybridized carbons (Fsp3) is 0.850. The van der Waals surface area contributed by atoms with E-state index in [-0.39, 0.29) is 20.0 Å². The van der Waals surface area contributed by atoms with E-state index in [4.69, 9.17) is 18.8 Å². The number of hydrogen-bond acceptors (Lipinski definition) is 7. The average Bonchev–Trinajstić information content (AvgIpc) is 2.76. The molecule has 1 amide bonds. The van der Waals surface area contributed by atoms with Crippen LogP contribution in [0, 0.1) is 0 Å². The quantitative estimate of drug-likeness (QED) is 0.268. The van der Waals surface area contributed by atoms with Crippen molar-refractivity contribution < 1.29 is 33.2 Å². The molecule has 166 valence electrons. The molecule has 1 atom stereocenters. The van der Waals surface area contributed by atoms with Gasteiger partial charge in [0.2, 0.25) is 0 Å². The molecule has 0 aromatic rings. The highest BCUT2D eigenvalue weighted by atomic mass is 16.7. The zero-order chi connectivity index (χ0) is 22.5. The maximum absolute atomic E-state index is 12.4. The minimum Gasteiger partial charge on any atom is -0.467 e. The molecule has 9 heteroatoms. The smallest absolute Gasteiger partial charge is 0.457 e. The van der Waals surface area contributed by atoms with Crippen LogP contribution in [0.2, 0.25) is 6.32 Å². The molecule has 0 saturated carbocycles. The Labute approximate surface area is 174 Å². The van der Waals surface area contributed by atoms with Gasteiger partial charge in [0.1, 0.15) is 17.4 Å². The molecular weight excluding hydrogens is 377 g/mol. The van der Waals surface area contributed by atoms with Gasteiger partial charge in [-0.1, -0.05) is 12.8 Å². The third-order valence-electron chi connectivity index (χ3n) is 5.34. The average molecular weight is 413 g/mol. The molecule has 0 bridgehead atoms. The molecule has 1 aliphatic heterocycles. The lowest BCUT2D eigenvalue weighted by atomic mass is 9.80. The maximum Gasteiger partial charge on any atom is 0.457 e. The van der Waals surface area contributed by atoms with Gasteiger partial charge in [-0.15, -0.1) is 0 Å². The fourth-order valence-electron chi connectivity index (χ4n) is 3.11. The van der Waals surface area contributed by atoms with Gasteiger partial charge >= 0.3 is 19.2 Å². The van der Waals surface area contributed by atoms with Crippen molar-refractivity contribution in [2.45, 2.75) is 103 Å². The number of carbonyl (C=O) groups excluding carboxylic acids is 3. The number of rotatable bonds is 9. The molecule has 0 aromatic heterocycles. The van der Waals surface area contributed by atoms with Crippen LogP contribution in [0.25, 0.3) is 0 Å². The van der Waals surface area contributed by atoms with Gasteiger partial charge in [0.25, 0.3) is 0 Å². The van der Waals surface area contributed by atoms with E-state index in [1.165, 1.54) is 7.11 Å². The second kappa shape index (κ2) is 9.47. The summed E-state index contributed by atoms with van der Waals surface area (Å²) >= 11 is 0. The Morgan fingerprint density at radius 2 is 1.62 bits per heavy atom. The topological polar surface area (TPSA) is 100 Å². The molecule has 1 heterocycles. The molecule has 1 saturated heterocycles. The van der Waals surface area contributed by atoms with Crippen molar-refractivity contribution in [3.05, 3.63) is 0 Å². The summed E-state index contributed by atoms with van der Waals surface area (Å²) < 4.78 is 22.1. The van der Waals surface area contributed by atoms with E-state index in [1.54, 1.807) is 20.8 Å². The normalized spacial score (nSPS) is 19.9. The number of alkyl carbamates (subject to hydrolysis) is 1.